The van der Waals surface area contributed by atoms with E-state index in [1.165, 1.54) is 14.0 Å². The first-order valence-corrected chi connectivity index (χ1v) is 5.31. The Kier molecular flexibility index (Phi) is 5.25. The van der Waals surface area contributed by atoms with Gasteiger partial charge in [-0.2, -0.15) is 0 Å². The van der Waals surface area contributed by atoms with Crippen molar-refractivity contribution in [3.8, 4) is 0 Å². The molecule has 0 aliphatic carbocycles. The number of methoxy groups -OCH3 is 1. The maximum absolute atomic E-state index is 11.9. The van der Waals surface area contributed by atoms with Gasteiger partial charge in [0.05, 0.1) is 21.1 Å². The number of rotatable bonds is 7. The standard InChI is InChI=1S/C11H21NO5/c1-8(17-5)10(15)11(16,6-9(13)14)7-12(2,3)4/h8,16H,6-7H2,1-5H3. The van der Waals surface area contributed by atoms with Crippen molar-refractivity contribution in [1.29, 1.82) is 0 Å². The molecule has 0 aromatic carbocycles. The number of ether oxygens (including phenoxy) is 1. The summed E-state index contributed by atoms with van der Waals surface area (Å²) in [5, 5.41) is 20.9. The highest BCUT2D eigenvalue weighted by molar-refractivity contribution is 5.93. The van der Waals surface area contributed by atoms with Crippen LogP contribution in [0, 0.1) is 0 Å². The maximum Gasteiger partial charge on any atom is 0.198 e. The summed E-state index contributed by atoms with van der Waals surface area (Å²) in [6.45, 7) is 1.45. The third-order valence-electron chi connectivity index (χ3n) is 2.35. The van der Waals surface area contributed by atoms with Crippen LogP contribution in [0.4, 0.5) is 0 Å². The lowest BCUT2D eigenvalue weighted by atomic mass is 9.90. The summed E-state index contributed by atoms with van der Waals surface area (Å²) in [5.41, 5.74) is -1.97. The summed E-state index contributed by atoms with van der Waals surface area (Å²) >= 11 is 0. The monoisotopic (exact) mass is 247 g/mol. The number of aliphatic hydroxyl groups is 1. The average Bonchev–Trinajstić information content (AvgIpc) is 2.10. The maximum atomic E-state index is 11.9. The lowest BCUT2D eigenvalue weighted by molar-refractivity contribution is -0.875. The van der Waals surface area contributed by atoms with Gasteiger partial charge in [0.1, 0.15) is 12.6 Å². The zero-order chi connectivity index (χ0) is 13.9. The van der Waals surface area contributed by atoms with Crippen molar-refractivity contribution in [1.82, 2.24) is 0 Å². The molecular formula is C11H21NO5. The van der Waals surface area contributed by atoms with Crippen molar-refractivity contribution in [2.45, 2.75) is 25.0 Å². The number of hydrogen-bond acceptors (Lipinski definition) is 5. The molecule has 0 bridgehead atoms. The lowest BCUT2D eigenvalue weighted by Crippen LogP contribution is -2.58. The quantitative estimate of drug-likeness (QED) is 0.535. The van der Waals surface area contributed by atoms with E-state index in [1.54, 1.807) is 21.1 Å². The van der Waals surface area contributed by atoms with Crippen molar-refractivity contribution in [3.05, 3.63) is 0 Å². The Hall–Kier alpha value is -0.980. The topological polar surface area (TPSA) is 86.7 Å². The predicted octanol–water partition coefficient (Wildman–Crippen LogP) is -1.83. The summed E-state index contributed by atoms with van der Waals surface area (Å²) in [5.74, 6) is -2.10. The van der Waals surface area contributed by atoms with Gasteiger partial charge >= 0.3 is 0 Å². The number of carboxylic acid groups (broad SMARTS) is 1. The number of hydrogen-bond donors (Lipinski definition) is 1. The zero-order valence-corrected chi connectivity index (χ0v) is 11.0. The van der Waals surface area contributed by atoms with E-state index in [1.807, 2.05) is 0 Å². The van der Waals surface area contributed by atoms with Crippen LogP contribution in [0.25, 0.3) is 0 Å². The first-order valence-electron chi connectivity index (χ1n) is 5.31. The van der Waals surface area contributed by atoms with Gasteiger partial charge in [-0.3, -0.25) is 4.79 Å². The van der Waals surface area contributed by atoms with E-state index in [2.05, 4.69) is 0 Å². The fourth-order valence-electron chi connectivity index (χ4n) is 1.73. The molecule has 0 aromatic heterocycles. The van der Waals surface area contributed by atoms with Crippen LogP contribution in [0.1, 0.15) is 13.3 Å². The number of aliphatic carboxylic acids is 1. The Labute approximate surface area is 101 Å². The molecule has 6 heteroatoms. The predicted molar refractivity (Wildman–Crippen MR) is 59.0 cm³/mol. The van der Waals surface area contributed by atoms with E-state index >= 15 is 0 Å². The second-order valence-electron chi connectivity index (χ2n) is 5.27. The number of nitrogens with zero attached hydrogens (tertiary/aromatic N) is 1. The summed E-state index contributed by atoms with van der Waals surface area (Å²) < 4.78 is 5.08. The van der Waals surface area contributed by atoms with Gasteiger partial charge in [-0.25, -0.2) is 0 Å². The zero-order valence-electron chi connectivity index (χ0n) is 11.0. The Morgan fingerprint density at radius 2 is 1.88 bits per heavy atom. The Bertz CT molecular complexity index is 297. The van der Waals surface area contributed by atoms with Gasteiger partial charge in [-0.05, 0) is 6.92 Å². The van der Waals surface area contributed by atoms with Crippen LogP contribution in [0.2, 0.25) is 0 Å². The van der Waals surface area contributed by atoms with E-state index in [9.17, 15) is 19.8 Å². The van der Waals surface area contributed by atoms with E-state index < -0.39 is 29.9 Å². The normalized spacial score (nSPS) is 17.3. The summed E-state index contributed by atoms with van der Waals surface area (Å²) in [6, 6.07) is 0. The number of likely N-dealkylation sites (N-methyl/N-ethyl adjacent to an activating group) is 1. The first-order chi connectivity index (χ1) is 7.52. The van der Waals surface area contributed by atoms with Crippen LogP contribution in [0.5, 0.6) is 0 Å². The number of carboxylic acids is 1. The summed E-state index contributed by atoms with van der Waals surface area (Å²) in [4.78, 5) is 22.6. The first kappa shape index (κ1) is 16.0. The van der Waals surface area contributed by atoms with Crippen LogP contribution in [0.3, 0.4) is 0 Å². The van der Waals surface area contributed by atoms with E-state index in [4.69, 9.17) is 4.74 Å². The number of quaternary nitrogens is 1. The molecule has 0 radical (unpaired) electrons. The van der Waals surface area contributed by atoms with Crippen molar-refractivity contribution in [3.63, 3.8) is 0 Å². The molecule has 0 aliphatic rings. The van der Waals surface area contributed by atoms with Gasteiger partial charge in [0, 0.05) is 19.5 Å². The minimum atomic E-state index is -1.97. The molecule has 0 fully saturated rings. The number of carbonyl (C=O) groups excluding carboxylic acids is 2. The highest BCUT2D eigenvalue weighted by Gasteiger charge is 2.43. The van der Waals surface area contributed by atoms with Crippen molar-refractivity contribution in [2.24, 2.45) is 0 Å². The van der Waals surface area contributed by atoms with Crippen LogP contribution in [0.15, 0.2) is 0 Å². The molecule has 2 unspecified atom stereocenters. The molecule has 0 amide bonds. The smallest absolute Gasteiger partial charge is 0.198 e. The van der Waals surface area contributed by atoms with E-state index in [-0.39, 0.29) is 11.0 Å². The van der Waals surface area contributed by atoms with Crippen molar-refractivity contribution in [2.75, 3.05) is 34.8 Å². The average molecular weight is 247 g/mol. The molecule has 0 saturated heterocycles. The minimum absolute atomic E-state index is 0.0203. The molecule has 0 rings (SSSR count). The molecule has 0 saturated carbocycles. The molecule has 0 aliphatic heterocycles. The molecule has 0 heterocycles. The number of Topliss-reactive ketones (excluding diaryl/α,β-unsaturated/α-hetero) is 1. The third-order valence-corrected chi connectivity index (χ3v) is 2.35. The highest BCUT2D eigenvalue weighted by atomic mass is 16.5. The second-order valence-corrected chi connectivity index (χ2v) is 5.27. The van der Waals surface area contributed by atoms with E-state index in [0.717, 1.165) is 0 Å². The molecular weight excluding hydrogens is 226 g/mol. The van der Waals surface area contributed by atoms with Crippen LogP contribution in [-0.4, -0.2) is 67.8 Å². The van der Waals surface area contributed by atoms with Crippen molar-refractivity contribution >= 4 is 11.8 Å². The fraction of sp³-hybridized carbons (Fsp3) is 0.818. The van der Waals surface area contributed by atoms with Crippen LogP contribution in [-0.2, 0) is 14.3 Å². The van der Waals surface area contributed by atoms with Crippen LogP contribution >= 0.6 is 0 Å². The molecule has 1 N–H and O–H groups in total. The van der Waals surface area contributed by atoms with E-state index in [0.29, 0.717) is 0 Å². The Morgan fingerprint density at radius 3 is 2.18 bits per heavy atom. The number of ketones is 1. The van der Waals surface area contributed by atoms with Gasteiger partial charge in [0.25, 0.3) is 0 Å². The fourth-order valence-corrected chi connectivity index (χ4v) is 1.73. The SMILES string of the molecule is COC(C)C(=O)C(O)(CC(=O)[O-])C[N+](C)(C)C. The lowest BCUT2D eigenvalue weighted by Gasteiger charge is -2.35. The Balaban J connectivity index is 5.09. The van der Waals surface area contributed by atoms with Gasteiger partial charge in [0.2, 0.25) is 0 Å². The minimum Gasteiger partial charge on any atom is -0.550 e. The summed E-state index contributed by atoms with van der Waals surface area (Å²) in [7, 11) is 6.59. The van der Waals surface area contributed by atoms with Gasteiger partial charge in [-0.15, -0.1) is 0 Å². The molecule has 2 atom stereocenters. The van der Waals surface area contributed by atoms with Crippen LogP contribution < -0.4 is 5.11 Å². The molecule has 0 spiro atoms. The second kappa shape index (κ2) is 5.57. The summed E-state index contributed by atoms with van der Waals surface area (Å²) in [6.07, 6.45) is -1.58. The van der Waals surface area contributed by atoms with Gasteiger partial charge < -0.3 is 24.2 Å². The van der Waals surface area contributed by atoms with Gasteiger partial charge in [0.15, 0.2) is 11.4 Å². The molecule has 100 valence electrons. The Morgan fingerprint density at radius 1 is 1.41 bits per heavy atom. The molecule has 6 nitrogen and oxygen atoms in total. The number of carbonyl (C=O) groups is 2. The van der Waals surface area contributed by atoms with Gasteiger partial charge in [-0.1, -0.05) is 0 Å². The molecule has 17 heavy (non-hydrogen) atoms. The third kappa shape index (κ3) is 5.25. The molecule has 0 aromatic rings. The largest absolute Gasteiger partial charge is 0.550 e. The highest BCUT2D eigenvalue weighted by Crippen LogP contribution is 2.18. The van der Waals surface area contributed by atoms with Crippen molar-refractivity contribution < 1.29 is 29.0 Å².